The summed E-state index contributed by atoms with van der Waals surface area (Å²) in [5.41, 5.74) is 7.30. The second kappa shape index (κ2) is 5.71. The SMILES string of the molecule is COc1cc(Cl)ccc1C(N)C1CCCOC1. The van der Waals surface area contributed by atoms with Gasteiger partial charge in [0.1, 0.15) is 5.75 Å². The van der Waals surface area contributed by atoms with Crippen LogP contribution in [0.25, 0.3) is 0 Å². The summed E-state index contributed by atoms with van der Waals surface area (Å²) in [6.45, 7) is 1.58. The molecule has 2 unspecified atom stereocenters. The summed E-state index contributed by atoms with van der Waals surface area (Å²) in [4.78, 5) is 0. The summed E-state index contributed by atoms with van der Waals surface area (Å²) < 4.78 is 10.8. The lowest BCUT2D eigenvalue weighted by Crippen LogP contribution is -2.29. The van der Waals surface area contributed by atoms with Crippen molar-refractivity contribution in [3.05, 3.63) is 28.8 Å². The van der Waals surface area contributed by atoms with Crippen molar-refractivity contribution in [2.24, 2.45) is 11.7 Å². The maximum absolute atomic E-state index is 6.29. The molecule has 94 valence electrons. The van der Waals surface area contributed by atoms with Gasteiger partial charge in [-0.15, -0.1) is 0 Å². The molecule has 0 bridgehead atoms. The summed E-state index contributed by atoms with van der Waals surface area (Å²) in [6.07, 6.45) is 2.18. The molecular formula is C13H18ClNO2. The topological polar surface area (TPSA) is 44.5 Å². The van der Waals surface area contributed by atoms with Crippen LogP contribution in [0.5, 0.6) is 5.75 Å². The van der Waals surface area contributed by atoms with Crippen molar-refractivity contribution in [3.8, 4) is 5.75 Å². The van der Waals surface area contributed by atoms with E-state index in [-0.39, 0.29) is 6.04 Å². The molecule has 1 aromatic carbocycles. The van der Waals surface area contributed by atoms with E-state index >= 15 is 0 Å². The highest BCUT2D eigenvalue weighted by atomic mass is 35.5. The van der Waals surface area contributed by atoms with Crippen LogP contribution in [-0.4, -0.2) is 20.3 Å². The van der Waals surface area contributed by atoms with Crippen LogP contribution >= 0.6 is 11.6 Å². The molecule has 0 spiro atoms. The van der Waals surface area contributed by atoms with E-state index in [1.54, 1.807) is 13.2 Å². The Morgan fingerprint density at radius 3 is 3.00 bits per heavy atom. The van der Waals surface area contributed by atoms with Gasteiger partial charge in [-0.1, -0.05) is 17.7 Å². The van der Waals surface area contributed by atoms with Crippen LogP contribution in [0.4, 0.5) is 0 Å². The molecular weight excluding hydrogens is 238 g/mol. The Kier molecular flexibility index (Phi) is 4.26. The highest BCUT2D eigenvalue weighted by Gasteiger charge is 2.24. The number of rotatable bonds is 3. The average molecular weight is 256 g/mol. The smallest absolute Gasteiger partial charge is 0.125 e. The maximum Gasteiger partial charge on any atom is 0.125 e. The molecule has 3 nitrogen and oxygen atoms in total. The lowest BCUT2D eigenvalue weighted by molar-refractivity contribution is 0.0445. The zero-order valence-corrected chi connectivity index (χ0v) is 10.7. The van der Waals surface area contributed by atoms with Gasteiger partial charge in [0.15, 0.2) is 0 Å². The molecule has 4 heteroatoms. The van der Waals surface area contributed by atoms with Gasteiger partial charge in [-0.25, -0.2) is 0 Å². The molecule has 1 aliphatic heterocycles. The van der Waals surface area contributed by atoms with E-state index in [1.807, 2.05) is 12.1 Å². The largest absolute Gasteiger partial charge is 0.496 e. The molecule has 1 heterocycles. The lowest BCUT2D eigenvalue weighted by Gasteiger charge is -2.28. The van der Waals surface area contributed by atoms with E-state index in [0.717, 1.165) is 37.4 Å². The van der Waals surface area contributed by atoms with Crippen molar-refractivity contribution in [2.75, 3.05) is 20.3 Å². The minimum absolute atomic E-state index is 0.0532. The van der Waals surface area contributed by atoms with Crippen molar-refractivity contribution >= 4 is 11.6 Å². The van der Waals surface area contributed by atoms with E-state index in [2.05, 4.69) is 0 Å². The first-order chi connectivity index (χ1) is 8.22. The van der Waals surface area contributed by atoms with Crippen LogP contribution < -0.4 is 10.5 Å². The second-order valence-corrected chi connectivity index (χ2v) is 4.83. The first kappa shape index (κ1) is 12.7. The zero-order valence-electron chi connectivity index (χ0n) is 9.99. The van der Waals surface area contributed by atoms with E-state index in [4.69, 9.17) is 26.8 Å². The predicted molar refractivity (Wildman–Crippen MR) is 68.5 cm³/mol. The Hall–Kier alpha value is -0.770. The van der Waals surface area contributed by atoms with Crippen molar-refractivity contribution in [1.82, 2.24) is 0 Å². The van der Waals surface area contributed by atoms with Crippen LogP contribution in [-0.2, 0) is 4.74 Å². The molecule has 0 aliphatic carbocycles. The van der Waals surface area contributed by atoms with Crippen LogP contribution in [0.2, 0.25) is 5.02 Å². The van der Waals surface area contributed by atoms with Crippen LogP contribution in [0.1, 0.15) is 24.4 Å². The van der Waals surface area contributed by atoms with E-state index in [1.165, 1.54) is 0 Å². The summed E-state index contributed by atoms with van der Waals surface area (Å²) >= 11 is 5.94. The second-order valence-electron chi connectivity index (χ2n) is 4.39. The molecule has 2 rings (SSSR count). The minimum Gasteiger partial charge on any atom is -0.496 e. The van der Waals surface area contributed by atoms with Gasteiger partial charge in [0.25, 0.3) is 0 Å². The molecule has 2 N–H and O–H groups in total. The zero-order chi connectivity index (χ0) is 12.3. The van der Waals surface area contributed by atoms with Crippen molar-refractivity contribution in [1.29, 1.82) is 0 Å². The Labute approximate surface area is 107 Å². The van der Waals surface area contributed by atoms with Gasteiger partial charge in [-0.05, 0) is 25.0 Å². The van der Waals surface area contributed by atoms with Crippen LogP contribution in [0.15, 0.2) is 18.2 Å². The van der Waals surface area contributed by atoms with Crippen molar-refractivity contribution in [2.45, 2.75) is 18.9 Å². The first-order valence-electron chi connectivity index (χ1n) is 5.89. The molecule has 1 saturated heterocycles. The van der Waals surface area contributed by atoms with Crippen LogP contribution in [0, 0.1) is 5.92 Å². The fourth-order valence-electron chi connectivity index (χ4n) is 2.26. The van der Waals surface area contributed by atoms with E-state index in [0.29, 0.717) is 10.9 Å². The molecule has 0 amide bonds. The van der Waals surface area contributed by atoms with E-state index < -0.39 is 0 Å². The number of benzene rings is 1. The number of nitrogens with two attached hydrogens (primary N) is 1. The summed E-state index contributed by atoms with van der Waals surface area (Å²) in [5.74, 6) is 1.12. The number of ether oxygens (including phenoxy) is 2. The predicted octanol–water partition coefficient (Wildman–Crippen LogP) is 2.78. The van der Waals surface area contributed by atoms with Gasteiger partial charge in [0.2, 0.25) is 0 Å². The lowest BCUT2D eigenvalue weighted by atomic mass is 9.89. The molecule has 1 aliphatic rings. The molecule has 1 fully saturated rings. The monoisotopic (exact) mass is 255 g/mol. The quantitative estimate of drug-likeness (QED) is 0.903. The van der Waals surface area contributed by atoms with Gasteiger partial charge in [0.05, 0.1) is 13.7 Å². The van der Waals surface area contributed by atoms with Gasteiger partial charge >= 0.3 is 0 Å². The minimum atomic E-state index is -0.0532. The van der Waals surface area contributed by atoms with E-state index in [9.17, 15) is 0 Å². The number of hydrogen-bond acceptors (Lipinski definition) is 3. The molecule has 17 heavy (non-hydrogen) atoms. The van der Waals surface area contributed by atoms with Crippen molar-refractivity contribution in [3.63, 3.8) is 0 Å². The fraction of sp³-hybridized carbons (Fsp3) is 0.538. The van der Waals surface area contributed by atoms with Crippen LogP contribution in [0.3, 0.4) is 0 Å². The Balaban J connectivity index is 2.19. The maximum atomic E-state index is 6.29. The highest BCUT2D eigenvalue weighted by Crippen LogP contribution is 2.33. The average Bonchev–Trinajstić information content (AvgIpc) is 2.39. The van der Waals surface area contributed by atoms with Gasteiger partial charge < -0.3 is 15.2 Å². The summed E-state index contributed by atoms with van der Waals surface area (Å²) in [6, 6.07) is 5.55. The van der Waals surface area contributed by atoms with Gasteiger partial charge in [-0.3, -0.25) is 0 Å². The van der Waals surface area contributed by atoms with Gasteiger partial charge in [-0.2, -0.15) is 0 Å². The molecule has 2 atom stereocenters. The number of methoxy groups -OCH3 is 1. The molecule has 1 aromatic rings. The fourth-order valence-corrected chi connectivity index (χ4v) is 2.43. The Morgan fingerprint density at radius 2 is 2.35 bits per heavy atom. The summed E-state index contributed by atoms with van der Waals surface area (Å²) in [7, 11) is 1.64. The Bertz CT molecular complexity index is 378. The van der Waals surface area contributed by atoms with Crippen molar-refractivity contribution < 1.29 is 9.47 Å². The molecule has 0 radical (unpaired) electrons. The molecule has 0 saturated carbocycles. The van der Waals surface area contributed by atoms with Gasteiger partial charge in [0, 0.05) is 29.2 Å². The standard InChI is InChI=1S/C13H18ClNO2/c1-16-12-7-10(14)4-5-11(12)13(15)9-3-2-6-17-8-9/h4-5,7,9,13H,2-3,6,8,15H2,1H3. The normalized spacial score (nSPS) is 22.2. The Morgan fingerprint density at radius 1 is 1.53 bits per heavy atom. The number of halogens is 1. The summed E-state index contributed by atoms with van der Waals surface area (Å²) in [5, 5.41) is 0.665. The highest BCUT2D eigenvalue weighted by molar-refractivity contribution is 6.30. The third kappa shape index (κ3) is 2.92. The third-order valence-electron chi connectivity index (χ3n) is 3.26. The third-order valence-corrected chi connectivity index (χ3v) is 3.49. The first-order valence-corrected chi connectivity index (χ1v) is 6.27. The number of hydrogen-bond donors (Lipinski definition) is 1. The molecule has 0 aromatic heterocycles.